The third-order valence-electron chi connectivity index (χ3n) is 2.15. The fourth-order valence-corrected chi connectivity index (χ4v) is 1.50. The maximum atomic E-state index is 11.3. The van der Waals surface area contributed by atoms with Crippen molar-refractivity contribution in [1.82, 2.24) is 0 Å². The molecule has 0 aliphatic rings. The molecule has 4 heteroatoms. The van der Waals surface area contributed by atoms with Crippen molar-refractivity contribution >= 4 is 11.7 Å². The van der Waals surface area contributed by atoms with E-state index in [1.807, 2.05) is 38.1 Å². The van der Waals surface area contributed by atoms with Crippen LogP contribution >= 0.6 is 0 Å². The minimum Gasteiger partial charge on any atom is -0.494 e. The van der Waals surface area contributed by atoms with Crippen LogP contribution in [0.2, 0.25) is 0 Å². The monoisotopic (exact) mass is 222 g/mol. The Kier molecular flexibility index (Phi) is 4.64. The van der Waals surface area contributed by atoms with Crippen LogP contribution in [0.3, 0.4) is 0 Å². The number of nitrogens with zero attached hydrogens (tertiary/aromatic N) is 1. The van der Waals surface area contributed by atoms with Gasteiger partial charge in [0.25, 0.3) is 0 Å². The van der Waals surface area contributed by atoms with Gasteiger partial charge in [0.15, 0.2) is 0 Å². The van der Waals surface area contributed by atoms with Gasteiger partial charge < -0.3 is 10.5 Å². The molecule has 0 fully saturated rings. The molecule has 1 aromatic carbocycles. The Morgan fingerprint density at radius 3 is 2.75 bits per heavy atom. The Labute approximate surface area is 96.0 Å². The Morgan fingerprint density at radius 2 is 2.19 bits per heavy atom. The average molecular weight is 222 g/mol. The molecule has 2 N–H and O–H groups in total. The van der Waals surface area contributed by atoms with Gasteiger partial charge in [0.1, 0.15) is 5.75 Å². The first-order chi connectivity index (χ1) is 7.69. The van der Waals surface area contributed by atoms with E-state index in [1.54, 1.807) is 4.90 Å². The number of ether oxygens (including phenoxy) is 1. The topological polar surface area (TPSA) is 55.6 Å². The summed E-state index contributed by atoms with van der Waals surface area (Å²) in [6.07, 6.45) is 0.863. The molecular weight excluding hydrogens is 204 g/mol. The van der Waals surface area contributed by atoms with Crippen LogP contribution in [-0.2, 0) is 0 Å². The Balaban J connectivity index is 2.90. The van der Waals surface area contributed by atoms with Crippen molar-refractivity contribution in [2.45, 2.75) is 20.3 Å². The Hall–Kier alpha value is -1.71. The molecular formula is C12H18N2O2. The standard InChI is InChI=1S/C12H18N2O2/c1-3-8-14(12(13)15)10-6-5-7-11(9-10)16-4-2/h5-7,9H,3-4,8H2,1-2H3,(H2,13,15). The molecule has 16 heavy (non-hydrogen) atoms. The number of nitrogens with two attached hydrogens (primary N) is 1. The molecule has 0 saturated carbocycles. The lowest BCUT2D eigenvalue weighted by Crippen LogP contribution is -2.36. The number of carbonyl (C=O) groups excluding carboxylic acids is 1. The number of rotatable bonds is 5. The molecule has 0 unspecified atom stereocenters. The zero-order valence-corrected chi connectivity index (χ0v) is 9.77. The van der Waals surface area contributed by atoms with Crippen molar-refractivity contribution in [3.05, 3.63) is 24.3 Å². The second-order valence-electron chi connectivity index (χ2n) is 3.42. The Bertz CT molecular complexity index is 353. The van der Waals surface area contributed by atoms with Gasteiger partial charge in [0.05, 0.1) is 6.61 Å². The van der Waals surface area contributed by atoms with Gasteiger partial charge >= 0.3 is 6.03 Å². The summed E-state index contributed by atoms with van der Waals surface area (Å²) in [5, 5.41) is 0. The van der Waals surface area contributed by atoms with Crippen LogP contribution in [0, 0.1) is 0 Å². The fourth-order valence-electron chi connectivity index (χ4n) is 1.50. The third-order valence-corrected chi connectivity index (χ3v) is 2.15. The second-order valence-corrected chi connectivity index (χ2v) is 3.42. The summed E-state index contributed by atoms with van der Waals surface area (Å²) in [6.45, 7) is 5.14. The SMILES string of the molecule is CCCN(C(N)=O)c1cccc(OCC)c1. The van der Waals surface area contributed by atoms with Crippen LogP contribution in [0.15, 0.2) is 24.3 Å². The molecule has 88 valence electrons. The number of anilines is 1. The molecule has 2 amide bonds. The molecule has 0 aromatic heterocycles. The van der Waals surface area contributed by atoms with E-state index in [0.717, 1.165) is 17.9 Å². The van der Waals surface area contributed by atoms with E-state index >= 15 is 0 Å². The number of primary amides is 1. The van der Waals surface area contributed by atoms with Gasteiger partial charge in [-0.1, -0.05) is 13.0 Å². The van der Waals surface area contributed by atoms with E-state index in [4.69, 9.17) is 10.5 Å². The summed E-state index contributed by atoms with van der Waals surface area (Å²) in [5.41, 5.74) is 6.10. The van der Waals surface area contributed by atoms with Crippen molar-refractivity contribution in [2.75, 3.05) is 18.1 Å². The van der Waals surface area contributed by atoms with Gasteiger partial charge in [-0.15, -0.1) is 0 Å². The molecule has 0 atom stereocenters. The van der Waals surface area contributed by atoms with Crippen LogP contribution in [0.1, 0.15) is 20.3 Å². The number of hydrogen-bond acceptors (Lipinski definition) is 2. The number of hydrogen-bond donors (Lipinski definition) is 1. The van der Waals surface area contributed by atoms with Crippen LogP contribution in [-0.4, -0.2) is 19.2 Å². The van der Waals surface area contributed by atoms with E-state index in [0.29, 0.717) is 13.2 Å². The largest absolute Gasteiger partial charge is 0.494 e. The minimum absolute atomic E-state index is 0.435. The van der Waals surface area contributed by atoms with Gasteiger partial charge in [-0.25, -0.2) is 4.79 Å². The summed E-state index contributed by atoms with van der Waals surface area (Å²) in [5.74, 6) is 0.752. The smallest absolute Gasteiger partial charge is 0.319 e. The van der Waals surface area contributed by atoms with Gasteiger partial charge in [0.2, 0.25) is 0 Å². The van der Waals surface area contributed by atoms with Crippen LogP contribution in [0.25, 0.3) is 0 Å². The number of amides is 2. The molecule has 0 bridgehead atoms. The molecule has 0 aliphatic carbocycles. The van der Waals surface area contributed by atoms with Crippen molar-refractivity contribution in [3.63, 3.8) is 0 Å². The third kappa shape index (κ3) is 3.15. The lowest BCUT2D eigenvalue weighted by atomic mass is 10.2. The first-order valence-corrected chi connectivity index (χ1v) is 5.48. The highest BCUT2D eigenvalue weighted by molar-refractivity contribution is 5.90. The van der Waals surface area contributed by atoms with E-state index in [-0.39, 0.29) is 0 Å². The lowest BCUT2D eigenvalue weighted by Gasteiger charge is -2.20. The highest BCUT2D eigenvalue weighted by Crippen LogP contribution is 2.21. The maximum absolute atomic E-state index is 11.3. The summed E-state index contributed by atoms with van der Waals surface area (Å²) >= 11 is 0. The summed E-state index contributed by atoms with van der Waals surface area (Å²) in [7, 11) is 0. The number of benzene rings is 1. The minimum atomic E-state index is -0.435. The van der Waals surface area contributed by atoms with E-state index < -0.39 is 6.03 Å². The van der Waals surface area contributed by atoms with E-state index in [1.165, 1.54) is 0 Å². The molecule has 0 heterocycles. The second kappa shape index (κ2) is 6.00. The normalized spacial score (nSPS) is 9.88. The molecule has 1 rings (SSSR count). The Morgan fingerprint density at radius 1 is 1.44 bits per heavy atom. The zero-order chi connectivity index (χ0) is 12.0. The quantitative estimate of drug-likeness (QED) is 0.831. The fraction of sp³-hybridized carbons (Fsp3) is 0.417. The first kappa shape index (κ1) is 12.4. The van der Waals surface area contributed by atoms with Crippen LogP contribution in [0.5, 0.6) is 5.75 Å². The molecule has 0 spiro atoms. The summed E-state index contributed by atoms with van der Waals surface area (Å²) in [6, 6.07) is 6.95. The van der Waals surface area contributed by atoms with Gasteiger partial charge in [-0.3, -0.25) is 4.90 Å². The van der Waals surface area contributed by atoms with Gasteiger partial charge in [-0.05, 0) is 25.5 Å². The average Bonchev–Trinajstić information content (AvgIpc) is 2.26. The van der Waals surface area contributed by atoms with Crippen molar-refractivity contribution in [1.29, 1.82) is 0 Å². The van der Waals surface area contributed by atoms with Gasteiger partial charge in [-0.2, -0.15) is 0 Å². The summed E-state index contributed by atoms with van der Waals surface area (Å²) in [4.78, 5) is 12.8. The maximum Gasteiger partial charge on any atom is 0.319 e. The number of urea groups is 1. The predicted molar refractivity (Wildman–Crippen MR) is 64.8 cm³/mol. The van der Waals surface area contributed by atoms with E-state index in [9.17, 15) is 4.79 Å². The predicted octanol–water partition coefficient (Wildman–Crippen LogP) is 2.38. The molecule has 0 aliphatic heterocycles. The molecule has 0 saturated heterocycles. The molecule has 1 aromatic rings. The van der Waals surface area contributed by atoms with Gasteiger partial charge in [0, 0.05) is 18.3 Å². The van der Waals surface area contributed by atoms with Crippen LogP contribution < -0.4 is 15.4 Å². The molecule has 0 radical (unpaired) electrons. The highest BCUT2D eigenvalue weighted by atomic mass is 16.5. The van der Waals surface area contributed by atoms with Crippen molar-refractivity contribution in [3.8, 4) is 5.75 Å². The number of carbonyl (C=O) groups is 1. The van der Waals surface area contributed by atoms with E-state index in [2.05, 4.69) is 0 Å². The summed E-state index contributed by atoms with van der Waals surface area (Å²) < 4.78 is 5.38. The zero-order valence-electron chi connectivity index (χ0n) is 9.77. The first-order valence-electron chi connectivity index (χ1n) is 5.48. The van der Waals surface area contributed by atoms with Crippen LogP contribution in [0.4, 0.5) is 10.5 Å². The van der Waals surface area contributed by atoms with Crippen molar-refractivity contribution in [2.24, 2.45) is 5.73 Å². The lowest BCUT2D eigenvalue weighted by molar-refractivity contribution is 0.254. The highest BCUT2D eigenvalue weighted by Gasteiger charge is 2.11. The van der Waals surface area contributed by atoms with Crippen molar-refractivity contribution < 1.29 is 9.53 Å². The molecule has 4 nitrogen and oxygen atoms in total.